The quantitative estimate of drug-likeness (QED) is 0.221. The molecular formula is C18H21N9OS. The fourth-order valence-electron chi connectivity index (χ4n) is 2.22. The summed E-state index contributed by atoms with van der Waals surface area (Å²) < 4.78 is 1.24. The van der Waals surface area contributed by atoms with E-state index in [4.69, 9.17) is 5.84 Å². The van der Waals surface area contributed by atoms with Crippen molar-refractivity contribution in [1.82, 2.24) is 19.9 Å². The summed E-state index contributed by atoms with van der Waals surface area (Å²) in [7, 11) is 3.97. The smallest absolute Gasteiger partial charge is 0.264 e. The normalized spacial score (nSPS) is 10.8. The number of carbonyl (C=O) groups excluding carboxylic acids is 1. The average Bonchev–Trinajstić information content (AvgIpc) is 3.07. The third-order valence-electron chi connectivity index (χ3n) is 3.72. The average molecular weight is 411 g/mol. The number of thioether (sulfide) groups is 1. The van der Waals surface area contributed by atoms with Gasteiger partial charge in [0.25, 0.3) is 5.95 Å². The second-order valence-electron chi connectivity index (χ2n) is 6.08. The lowest BCUT2D eigenvalue weighted by molar-refractivity contribution is -0.113. The first-order valence-corrected chi connectivity index (χ1v) is 9.62. The van der Waals surface area contributed by atoms with Crippen molar-refractivity contribution >= 4 is 41.3 Å². The number of aromatic nitrogens is 4. The highest BCUT2D eigenvalue weighted by Gasteiger charge is 2.12. The van der Waals surface area contributed by atoms with Crippen molar-refractivity contribution in [2.75, 3.05) is 41.3 Å². The van der Waals surface area contributed by atoms with Gasteiger partial charge < -0.3 is 16.1 Å². The zero-order valence-corrected chi connectivity index (χ0v) is 16.8. The van der Waals surface area contributed by atoms with Gasteiger partial charge in [-0.3, -0.25) is 4.79 Å². The second kappa shape index (κ2) is 9.55. The fraction of sp³-hybridized carbons (Fsp3) is 0.167. The molecule has 1 aromatic carbocycles. The molecule has 29 heavy (non-hydrogen) atoms. The molecule has 150 valence electrons. The lowest BCUT2D eigenvalue weighted by atomic mass is 10.2. The van der Waals surface area contributed by atoms with E-state index >= 15 is 0 Å². The standard InChI is InChI=1S/C18H21N9OS/c1-26(2)14-8-6-13(7-9-14)11-21-23-17-24-25-18(27(17)19)29-12-16(28)22-15-5-3-4-10-20-15/h3-11H,12,19H2,1-2H3,(H,23,24)(H,20,22,28)/b21-11+. The van der Waals surface area contributed by atoms with Gasteiger partial charge in [0.2, 0.25) is 11.1 Å². The number of anilines is 3. The van der Waals surface area contributed by atoms with Crippen molar-refractivity contribution in [1.29, 1.82) is 0 Å². The van der Waals surface area contributed by atoms with Crippen LogP contribution in [0, 0.1) is 0 Å². The van der Waals surface area contributed by atoms with E-state index in [1.807, 2.05) is 43.3 Å². The number of benzene rings is 1. The van der Waals surface area contributed by atoms with E-state index in [1.54, 1.807) is 30.6 Å². The first-order valence-electron chi connectivity index (χ1n) is 8.63. The van der Waals surface area contributed by atoms with E-state index in [1.165, 1.54) is 4.68 Å². The van der Waals surface area contributed by atoms with Crippen LogP contribution in [0.15, 0.2) is 58.9 Å². The fourth-order valence-corrected chi connectivity index (χ4v) is 2.88. The van der Waals surface area contributed by atoms with Crippen LogP contribution in [0.25, 0.3) is 0 Å². The number of nitrogens with zero attached hydrogens (tertiary/aromatic N) is 6. The summed E-state index contributed by atoms with van der Waals surface area (Å²) in [4.78, 5) is 18.0. The molecule has 3 rings (SSSR count). The van der Waals surface area contributed by atoms with Crippen molar-refractivity contribution < 1.29 is 4.79 Å². The molecule has 0 aliphatic heterocycles. The van der Waals surface area contributed by atoms with E-state index in [-0.39, 0.29) is 17.6 Å². The molecule has 0 aliphatic carbocycles. The van der Waals surface area contributed by atoms with Crippen LogP contribution >= 0.6 is 11.8 Å². The Kier molecular flexibility index (Phi) is 6.63. The Balaban J connectivity index is 1.51. The van der Waals surface area contributed by atoms with E-state index in [0.29, 0.717) is 11.0 Å². The summed E-state index contributed by atoms with van der Waals surface area (Å²) in [5, 5.41) is 15.1. The van der Waals surface area contributed by atoms with Crippen LogP contribution in [-0.4, -0.2) is 51.8 Å². The molecular weight excluding hydrogens is 390 g/mol. The number of hydrogen-bond acceptors (Lipinski definition) is 9. The van der Waals surface area contributed by atoms with E-state index < -0.39 is 0 Å². The van der Waals surface area contributed by atoms with Gasteiger partial charge in [-0.05, 0) is 29.8 Å². The van der Waals surface area contributed by atoms with Gasteiger partial charge in [0.05, 0.1) is 12.0 Å². The number of nitrogens with two attached hydrogens (primary N) is 1. The number of hydrogen-bond donors (Lipinski definition) is 3. The number of amides is 1. The van der Waals surface area contributed by atoms with Crippen LogP contribution in [0.2, 0.25) is 0 Å². The zero-order chi connectivity index (χ0) is 20.6. The molecule has 0 fully saturated rings. The van der Waals surface area contributed by atoms with Gasteiger partial charge in [0.1, 0.15) is 5.82 Å². The molecule has 0 aliphatic rings. The molecule has 0 saturated heterocycles. The van der Waals surface area contributed by atoms with Crippen molar-refractivity contribution in [2.45, 2.75) is 5.16 Å². The molecule has 11 heteroatoms. The monoisotopic (exact) mass is 411 g/mol. The largest absolute Gasteiger partial charge is 0.378 e. The lowest BCUT2D eigenvalue weighted by Gasteiger charge is -2.11. The maximum Gasteiger partial charge on any atom is 0.264 e. The van der Waals surface area contributed by atoms with Crippen LogP contribution in [0.1, 0.15) is 5.56 Å². The number of nitrogen functional groups attached to an aromatic ring is 1. The van der Waals surface area contributed by atoms with Crippen LogP contribution in [0.5, 0.6) is 0 Å². The summed E-state index contributed by atoms with van der Waals surface area (Å²) in [5.41, 5.74) is 4.77. The third-order valence-corrected chi connectivity index (χ3v) is 4.66. The molecule has 0 atom stereocenters. The highest BCUT2D eigenvalue weighted by Crippen LogP contribution is 2.17. The molecule has 0 bridgehead atoms. The lowest BCUT2D eigenvalue weighted by Crippen LogP contribution is -2.17. The minimum Gasteiger partial charge on any atom is -0.378 e. The number of pyridine rings is 1. The first kappa shape index (κ1) is 20.1. The molecule has 3 aromatic rings. The summed E-state index contributed by atoms with van der Waals surface area (Å²) in [5.74, 6) is 6.61. The summed E-state index contributed by atoms with van der Waals surface area (Å²) in [6, 6.07) is 13.2. The van der Waals surface area contributed by atoms with Gasteiger partial charge >= 0.3 is 0 Å². The maximum absolute atomic E-state index is 12.0. The van der Waals surface area contributed by atoms with Gasteiger partial charge in [0.15, 0.2) is 0 Å². The number of rotatable bonds is 8. The molecule has 0 spiro atoms. The minimum atomic E-state index is -0.217. The highest BCUT2D eigenvalue weighted by atomic mass is 32.2. The SMILES string of the molecule is CN(C)c1ccc(/C=N/Nc2nnc(SCC(=O)Nc3ccccn3)n2N)cc1. The van der Waals surface area contributed by atoms with Crippen molar-refractivity contribution in [3.05, 3.63) is 54.2 Å². The van der Waals surface area contributed by atoms with Crippen LogP contribution in [0.3, 0.4) is 0 Å². The van der Waals surface area contributed by atoms with E-state index in [0.717, 1.165) is 23.0 Å². The van der Waals surface area contributed by atoms with Gasteiger partial charge in [-0.15, -0.1) is 10.2 Å². The Hall–Kier alpha value is -3.60. The zero-order valence-electron chi connectivity index (χ0n) is 16.0. The molecule has 2 heterocycles. The molecule has 0 saturated carbocycles. The molecule has 2 aromatic heterocycles. The van der Waals surface area contributed by atoms with E-state index in [2.05, 4.69) is 31.0 Å². The molecule has 1 amide bonds. The van der Waals surface area contributed by atoms with Crippen LogP contribution in [0.4, 0.5) is 17.5 Å². The predicted octanol–water partition coefficient (Wildman–Crippen LogP) is 1.63. The Morgan fingerprint density at radius 1 is 1.24 bits per heavy atom. The highest BCUT2D eigenvalue weighted by molar-refractivity contribution is 7.99. The van der Waals surface area contributed by atoms with Gasteiger partial charge in [0, 0.05) is 26.0 Å². The third kappa shape index (κ3) is 5.69. The molecule has 0 radical (unpaired) electrons. The number of carbonyl (C=O) groups is 1. The van der Waals surface area contributed by atoms with Gasteiger partial charge in [-0.1, -0.05) is 30.0 Å². The summed E-state index contributed by atoms with van der Waals surface area (Å²) in [6.07, 6.45) is 3.26. The Labute approximate surface area is 172 Å². The first-order chi connectivity index (χ1) is 14.0. The maximum atomic E-state index is 12.0. The Bertz CT molecular complexity index is 971. The molecule has 0 unspecified atom stereocenters. The van der Waals surface area contributed by atoms with Crippen molar-refractivity contribution in [3.8, 4) is 0 Å². The van der Waals surface area contributed by atoms with Gasteiger partial charge in [-0.2, -0.15) is 5.10 Å². The Morgan fingerprint density at radius 3 is 2.72 bits per heavy atom. The van der Waals surface area contributed by atoms with Crippen LogP contribution in [-0.2, 0) is 4.79 Å². The van der Waals surface area contributed by atoms with Crippen molar-refractivity contribution in [2.24, 2.45) is 5.10 Å². The van der Waals surface area contributed by atoms with Gasteiger partial charge in [-0.25, -0.2) is 15.1 Å². The molecule has 10 nitrogen and oxygen atoms in total. The number of nitrogens with one attached hydrogen (secondary N) is 2. The second-order valence-corrected chi connectivity index (χ2v) is 7.03. The topological polar surface area (TPSA) is 126 Å². The molecule has 4 N–H and O–H groups in total. The number of hydrazone groups is 1. The Morgan fingerprint density at radius 2 is 2.03 bits per heavy atom. The summed E-state index contributed by atoms with van der Waals surface area (Å²) in [6.45, 7) is 0. The minimum absolute atomic E-state index is 0.118. The van der Waals surface area contributed by atoms with E-state index in [9.17, 15) is 4.79 Å². The summed E-state index contributed by atoms with van der Waals surface area (Å²) >= 11 is 1.16. The predicted molar refractivity (Wildman–Crippen MR) is 116 cm³/mol. The van der Waals surface area contributed by atoms with Crippen LogP contribution < -0.4 is 21.5 Å². The van der Waals surface area contributed by atoms with Crippen molar-refractivity contribution in [3.63, 3.8) is 0 Å².